The minimum Gasteiger partial charge on any atom is -0.494 e. The van der Waals surface area contributed by atoms with Gasteiger partial charge in [-0.05, 0) is 54.7 Å². The smallest absolute Gasteiger partial charge is 0.311 e. The fraction of sp³-hybridized carbons (Fsp3) is 0.350. The summed E-state index contributed by atoms with van der Waals surface area (Å²) in [6.07, 6.45) is 2.39. The number of carbonyl (C=O) groups is 1. The molecule has 4 heteroatoms. The average Bonchev–Trinajstić information content (AvgIpc) is 2.56. The van der Waals surface area contributed by atoms with E-state index < -0.39 is 11.9 Å². The van der Waals surface area contributed by atoms with Crippen LogP contribution in [0.15, 0.2) is 42.5 Å². The first-order valence-electron chi connectivity index (χ1n) is 8.22. The van der Waals surface area contributed by atoms with Crippen molar-refractivity contribution < 1.29 is 19.0 Å². The maximum Gasteiger partial charge on any atom is 0.311 e. The molecule has 128 valence electrons. The van der Waals surface area contributed by atoms with E-state index in [2.05, 4.69) is 6.92 Å². The quantitative estimate of drug-likeness (QED) is 0.712. The minimum atomic E-state index is -0.957. The topological polar surface area (TPSA) is 46.5 Å². The summed E-state index contributed by atoms with van der Waals surface area (Å²) in [6, 6.07) is 12.0. The Morgan fingerprint density at radius 3 is 2.50 bits per heavy atom. The van der Waals surface area contributed by atoms with Crippen molar-refractivity contribution in [2.45, 2.75) is 39.0 Å². The van der Waals surface area contributed by atoms with Gasteiger partial charge in [-0.3, -0.25) is 4.79 Å². The number of aryl methyl sites for hydroxylation is 1. The molecule has 0 aliphatic heterocycles. The molecule has 0 heterocycles. The fourth-order valence-corrected chi connectivity index (χ4v) is 2.47. The standard InChI is InChI=1S/C20H23FO3/c1-3-4-11-24-17-9-6-15(7-10-17)12-18(20(22)23)16-8-5-14(2)19(21)13-16/h5-10,13,18H,3-4,11-12H2,1-2H3,(H,22,23). The summed E-state index contributed by atoms with van der Waals surface area (Å²) in [7, 11) is 0. The summed E-state index contributed by atoms with van der Waals surface area (Å²) >= 11 is 0. The van der Waals surface area contributed by atoms with E-state index in [4.69, 9.17) is 4.74 Å². The molecule has 0 bridgehead atoms. The largest absolute Gasteiger partial charge is 0.494 e. The Balaban J connectivity index is 2.10. The lowest BCUT2D eigenvalue weighted by Gasteiger charge is -2.14. The summed E-state index contributed by atoms with van der Waals surface area (Å²) in [5.41, 5.74) is 1.87. The zero-order valence-electron chi connectivity index (χ0n) is 14.1. The minimum absolute atomic E-state index is 0.313. The molecule has 0 aliphatic carbocycles. The summed E-state index contributed by atoms with van der Waals surface area (Å²) in [4.78, 5) is 11.6. The van der Waals surface area contributed by atoms with Crippen molar-refractivity contribution in [2.75, 3.05) is 6.61 Å². The molecule has 24 heavy (non-hydrogen) atoms. The Hall–Kier alpha value is -2.36. The van der Waals surface area contributed by atoms with Crippen molar-refractivity contribution in [2.24, 2.45) is 0 Å². The lowest BCUT2D eigenvalue weighted by atomic mass is 9.91. The van der Waals surface area contributed by atoms with Gasteiger partial charge < -0.3 is 9.84 Å². The van der Waals surface area contributed by atoms with E-state index in [1.54, 1.807) is 19.1 Å². The molecule has 2 aromatic carbocycles. The summed E-state index contributed by atoms with van der Waals surface area (Å²) in [5.74, 6) is -1.33. The van der Waals surface area contributed by atoms with Crippen LogP contribution in [0.3, 0.4) is 0 Å². The van der Waals surface area contributed by atoms with E-state index in [9.17, 15) is 14.3 Å². The lowest BCUT2D eigenvalue weighted by molar-refractivity contribution is -0.138. The monoisotopic (exact) mass is 330 g/mol. The summed E-state index contributed by atoms with van der Waals surface area (Å²) < 4.78 is 19.3. The van der Waals surface area contributed by atoms with Gasteiger partial charge in [0, 0.05) is 0 Å². The van der Waals surface area contributed by atoms with Gasteiger partial charge in [0.15, 0.2) is 0 Å². The number of carboxylic acid groups (broad SMARTS) is 1. The van der Waals surface area contributed by atoms with Crippen molar-refractivity contribution in [1.82, 2.24) is 0 Å². The Labute approximate surface area is 142 Å². The second-order valence-corrected chi connectivity index (χ2v) is 5.95. The van der Waals surface area contributed by atoms with E-state index >= 15 is 0 Å². The fourth-order valence-electron chi connectivity index (χ4n) is 2.47. The molecular formula is C20H23FO3. The second-order valence-electron chi connectivity index (χ2n) is 5.95. The highest BCUT2D eigenvalue weighted by Gasteiger charge is 2.21. The van der Waals surface area contributed by atoms with Crippen LogP contribution in [0.4, 0.5) is 4.39 Å². The van der Waals surface area contributed by atoms with Gasteiger partial charge in [-0.25, -0.2) is 4.39 Å². The molecule has 0 radical (unpaired) electrons. The van der Waals surface area contributed by atoms with Crippen LogP contribution in [0.25, 0.3) is 0 Å². The Morgan fingerprint density at radius 2 is 1.92 bits per heavy atom. The number of carboxylic acids is 1. The van der Waals surface area contributed by atoms with Gasteiger partial charge in [0.05, 0.1) is 12.5 Å². The van der Waals surface area contributed by atoms with Crippen molar-refractivity contribution >= 4 is 5.97 Å². The second kappa shape index (κ2) is 8.48. The maximum atomic E-state index is 13.7. The third kappa shape index (κ3) is 4.82. The van der Waals surface area contributed by atoms with E-state index in [1.807, 2.05) is 24.3 Å². The van der Waals surface area contributed by atoms with Crippen molar-refractivity contribution in [3.8, 4) is 5.75 Å². The van der Waals surface area contributed by atoms with Crippen LogP contribution in [-0.2, 0) is 11.2 Å². The van der Waals surface area contributed by atoms with Crippen LogP contribution in [0, 0.1) is 12.7 Å². The van der Waals surface area contributed by atoms with Crippen LogP contribution >= 0.6 is 0 Å². The van der Waals surface area contributed by atoms with E-state index in [1.165, 1.54) is 6.07 Å². The number of benzene rings is 2. The molecule has 0 amide bonds. The van der Waals surface area contributed by atoms with Crippen LogP contribution in [0.5, 0.6) is 5.75 Å². The highest BCUT2D eigenvalue weighted by molar-refractivity contribution is 5.76. The van der Waals surface area contributed by atoms with Gasteiger partial charge >= 0.3 is 5.97 Å². The van der Waals surface area contributed by atoms with Gasteiger partial charge in [0.1, 0.15) is 11.6 Å². The first-order valence-corrected chi connectivity index (χ1v) is 8.22. The van der Waals surface area contributed by atoms with Crippen LogP contribution < -0.4 is 4.74 Å². The molecule has 2 aromatic rings. The van der Waals surface area contributed by atoms with Crippen LogP contribution in [0.2, 0.25) is 0 Å². The predicted molar refractivity (Wildman–Crippen MR) is 92.1 cm³/mol. The van der Waals surface area contributed by atoms with E-state index in [0.717, 1.165) is 24.2 Å². The molecule has 0 saturated carbocycles. The number of hydrogen-bond acceptors (Lipinski definition) is 2. The SMILES string of the molecule is CCCCOc1ccc(CC(C(=O)O)c2ccc(C)c(F)c2)cc1. The van der Waals surface area contributed by atoms with Crippen molar-refractivity contribution in [3.05, 3.63) is 65.0 Å². The molecule has 2 rings (SSSR count). The Morgan fingerprint density at radius 1 is 1.21 bits per heavy atom. The number of rotatable bonds is 8. The zero-order valence-corrected chi connectivity index (χ0v) is 14.1. The Kier molecular flexibility index (Phi) is 6.36. The van der Waals surface area contributed by atoms with Gasteiger partial charge in [-0.15, -0.1) is 0 Å². The van der Waals surface area contributed by atoms with Gasteiger partial charge in [0.25, 0.3) is 0 Å². The molecule has 1 N–H and O–H groups in total. The third-order valence-corrected chi connectivity index (χ3v) is 4.03. The van der Waals surface area contributed by atoms with E-state index in [-0.39, 0.29) is 5.82 Å². The molecule has 0 aromatic heterocycles. The first-order chi connectivity index (χ1) is 11.5. The molecule has 0 spiro atoms. The molecule has 1 unspecified atom stereocenters. The van der Waals surface area contributed by atoms with Gasteiger partial charge in [-0.1, -0.05) is 37.6 Å². The number of aliphatic carboxylic acids is 1. The van der Waals surface area contributed by atoms with Crippen molar-refractivity contribution in [3.63, 3.8) is 0 Å². The van der Waals surface area contributed by atoms with Crippen LogP contribution in [-0.4, -0.2) is 17.7 Å². The zero-order chi connectivity index (χ0) is 17.5. The maximum absolute atomic E-state index is 13.7. The predicted octanol–water partition coefficient (Wildman–Crippen LogP) is 4.72. The molecular weight excluding hydrogens is 307 g/mol. The third-order valence-electron chi connectivity index (χ3n) is 4.03. The normalized spacial score (nSPS) is 12.0. The number of unbranched alkanes of at least 4 members (excludes halogenated alkanes) is 1. The lowest BCUT2D eigenvalue weighted by Crippen LogP contribution is -2.15. The van der Waals surface area contributed by atoms with Crippen LogP contribution in [0.1, 0.15) is 42.4 Å². The number of hydrogen-bond donors (Lipinski definition) is 1. The number of halogens is 1. The molecule has 0 fully saturated rings. The summed E-state index contributed by atoms with van der Waals surface area (Å²) in [6.45, 7) is 4.44. The molecule has 1 atom stereocenters. The average molecular weight is 330 g/mol. The van der Waals surface area contributed by atoms with Gasteiger partial charge in [0.2, 0.25) is 0 Å². The highest BCUT2D eigenvalue weighted by Crippen LogP contribution is 2.24. The van der Waals surface area contributed by atoms with Gasteiger partial charge in [-0.2, -0.15) is 0 Å². The first kappa shape index (κ1) is 18.0. The van der Waals surface area contributed by atoms with Crippen molar-refractivity contribution in [1.29, 1.82) is 0 Å². The highest BCUT2D eigenvalue weighted by atomic mass is 19.1. The molecule has 0 saturated heterocycles. The number of ether oxygens (including phenoxy) is 1. The van der Waals surface area contributed by atoms with E-state index in [0.29, 0.717) is 24.2 Å². The summed E-state index contributed by atoms with van der Waals surface area (Å²) in [5, 5.41) is 9.50. The molecule has 0 aliphatic rings. The molecule has 3 nitrogen and oxygen atoms in total. The Bertz CT molecular complexity index is 680.